The SMILES string of the molecule is COC(=O)C(c1ccccc1)c1ccc(C#CCN2CCS(=O)(=O)CC2)cc1. The molecule has 1 atom stereocenters. The van der Waals surface area contributed by atoms with E-state index >= 15 is 0 Å². The van der Waals surface area contributed by atoms with Gasteiger partial charge in [-0.15, -0.1) is 0 Å². The van der Waals surface area contributed by atoms with Gasteiger partial charge in [-0.2, -0.15) is 0 Å². The van der Waals surface area contributed by atoms with E-state index in [9.17, 15) is 13.2 Å². The first-order valence-corrected chi connectivity index (χ1v) is 10.9. The minimum atomic E-state index is -2.87. The second-order valence-electron chi connectivity index (χ2n) is 6.72. The summed E-state index contributed by atoms with van der Waals surface area (Å²) in [5.74, 6) is 5.85. The van der Waals surface area contributed by atoms with Crippen LogP contribution >= 0.6 is 0 Å². The molecule has 0 spiro atoms. The summed E-state index contributed by atoms with van der Waals surface area (Å²) in [6.07, 6.45) is 0. The summed E-state index contributed by atoms with van der Waals surface area (Å²) in [5, 5.41) is 0. The molecule has 1 heterocycles. The average Bonchev–Trinajstić information content (AvgIpc) is 2.71. The molecule has 1 saturated heterocycles. The van der Waals surface area contributed by atoms with Crippen molar-refractivity contribution in [3.8, 4) is 11.8 Å². The molecule has 146 valence electrons. The summed E-state index contributed by atoms with van der Waals surface area (Å²) < 4.78 is 27.9. The van der Waals surface area contributed by atoms with Gasteiger partial charge in [-0.05, 0) is 23.3 Å². The Morgan fingerprint density at radius 2 is 1.64 bits per heavy atom. The predicted molar refractivity (Wildman–Crippen MR) is 109 cm³/mol. The molecule has 0 bridgehead atoms. The first-order valence-electron chi connectivity index (χ1n) is 9.13. The zero-order valence-electron chi connectivity index (χ0n) is 15.8. The number of hydrogen-bond donors (Lipinski definition) is 0. The van der Waals surface area contributed by atoms with Crippen molar-refractivity contribution in [1.29, 1.82) is 0 Å². The summed E-state index contributed by atoms with van der Waals surface area (Å²) in [7, 11) is -1.47. The van der Waals surface area contributed by atoms with Gasteiger partial charge in [0.05, 0.1) is 25.2 Å². The fourth-order valence-electron chi connectivity index (χ4n) is 3.15. The molecule has 1 fully saturated rings. The van der Waals surface area contributed by atoms with Gasteiger partial charge in [0.2, 0.25) is 0 Å². The van der Waals surface area contributed by atoms with Crippen LogP contribution in [0.25, 0.3) is 0 Å². The zero-order chi connectivity index (χ0) is 20.0. The number of rotatable bonds is 4. The zero-order valence-corrected chi connectivity index (χ0v) is 16.6. The molecular weight excluding hydrogens is 374 g/mol. The molecule has 1 unspecified atom stereocenters. The Morgan fingerprint density at radius 1 is 1.04 bits per heavy atom. The number of carbonyl (C=O) groups excluding carboxylic acids is 1. The van der Waals surface area contributed by atoms with Crippen LogP contribution in [-0.2, 0) is 19.4 Å². The van der Waals surface area contributed by atoms with Crippen LogP contribution in [0.2, 0.25) is 0 Å². The van der Waals surface area contributed by atoms with Crippen LogP contribution in [0, 0.1) is 11.8 Å². The van der Waals surface area contributed by atoms with E-state index in [4.69, 9.17) is 4.74 Å². The lowest BCUT2D eigenvalue weighted by molar-refractivity contribution is -0.141. The van der Waals surface area contributed by atoms with Crippen LogP contribution in [-0.4, -0.2) is 57.5 Å². The number of methoxy groups -OCH3 is 1. The standard InChI is InChI=1S/C22H23NO4S/c1-27-22(24)21(19-7-3-2-4-8-19)20-11-9-18(10-12-20)6-5-13-23-14-16-28(25,26)17-15-23/h2-4,7-12,21H,13-17H2,1H3. The lowest BCUT2D eigenvalue weighted by Crippen LogP contribution is -2.40. The highest BCUT2D eigenvalue weighted by atomic mass is 32.2. The molecule has 5 nitrogen and oxygen atoms in total. The number of hydrogen-bond acceptors (Lipinski definition) is 5. The van der Waals surface area contributed by atoms with Crippen LogP contribution in [0.3, 0.4) is 0 Å². The number of benzene rings is 2. The van der Waals surface area contributed by atoms with E-state index < -0.39 is 15.8 Å². The third-order valence-corrected chi connectivity index (χ3v) is 6.40. The summed E-state index contributed by atoms with van der Waals surface area (Å²) in [5.41, 5.74) is 2.59. The molecule has 0 radical (unpaired) electrons. The Bertz CT molecular complexity index is 959. The van der Waals surface area contributed by atoms with Crippen LogP contribution in [0.1, 0.15) is 22.6 Å². The number of nitrogens with zero attached hydrogens (tertiary/aromatic N) is 1. The maximum absolute atomic E-state index is 12.3. The molecular formula is C22H23NO4S. The number of carbonyl (C=O) groups is 1. The van der Waals surface area contributed by atoms with Crippen LogP contribution in [0.4, 0.5) is 0 Å². The molecule has 3 rings (SSSR count). The molecule has 28 heavy (non-hydrogen) atoms. The van der Waals surface area contributed by atoms with Gasteiger partial charge in [-0.25, -0.2) is 8.42 Å². The van der Waals surface area contributed by atoms with E-state index in [2.05, 4.69) is 11.8 Å². The molecule has 2 aromatic carbocycles. The molecule has 0 saturated carbocycles. The Balaban J connectivity index is 1.68. The van der Waals surface area contributed by atoms with Crippen molar-refractivity contribution in [1.82, 2.24) is 4.90 Å². The van der Waals surface area contributed by atoms with E-state index in [1.807, 2.05) is 59.5 Å². The van der Waals surface area contributed by atoms with Crippen LogP contribution < -0.4 is 0 Å². The fraction of sp³-hybridized carbons (Fsp3) is 0.318. The van der Waals surface area contributed by atoms with E-state index in [-0.39, 0.29) is 17.5 Å². The monoisotopic (exact) mass is 397 g/mol. The molecule has 1 aliphatic heterocycles. The minimum Gasteiger partial charge on any atom is -0.468 e. The lowest BCUT2D eigenvalue weighted by Gasteiger charge is -2.24. The third kappa shape index (κ3) is 5.22. The van der Waals surface area contributed by atoms with Crippen molar-refractivity contribution >= 4 is 15.8 Å². The van der Waals surface area contributed by atoms with Crippen LogP contribution in [0.15, 0.2) is 54.6 Å². The van der Waals surface area contributed by atoms with Crippen LogP contribution in [0.5, 0.6) is 0 Å². The van der Waals surface area contributed by atoms with E-state index in [0.29, 0.717) is 19.6 Å². The maximum Gasteiger partial charge on any atom is 0.317 e. The van der Waals surface area contributed by atoms with E-state index in [1.54, 1.807) is 0 Å². The number of sulfone groups is 1. The molecule has 2 aromatic rings. The van der Waals surface area contributed by atoms with Crippen molar-refractivity contribution in [2.75, 3.05) is 38.2 Å². The van der Waals surface area contributed by atoms with Gasteiger partial charge in [0.1, 0.15) is 5.92 Å². The first kappa shape index (κ1) is 20.1. The second kappa shape index (κ2) is 9.05. The molecule has 0 aromatic heterocycles. The topological polar surface area (TPSA) is 63.7 Å². The summed E-state index contributed by atoms with van der Waals surface area (Å²) in [6, 6.07) is 17.1. The van der Waals surface area contributed by atoms with Crippen molar-refractivity contribution in [3.05, 3.63) is 71.3 Å². The van der Waals surface area contributed by atoms with E-state index in [0.717, 1.165) is 16.7 Å². The highest BCUT2D eigenvalue weighted by Crippen LogP contribution is 2.26. The number of esters is 1. The third-order valence-electron chi connectivity index (χ3n) is 4.79. The predicted octanol–water partition coefficient (Wildman–Crippen LogP) is 2.07. The minimum absolute atomic E-state index is 0.206. The van der Waals surface area contributed by atoms with Gasteiger partial charge in [-0.1, -0.05) is 54.3 Å². The van der Waals surface area contributed by atoms with Gasteiger partial charge < -0.3 is 4.74 Å². The van der Waals surface area contributed by atoms with Crippen molar-refractivity contribution in [3.63, 3.8) is 0 Å². The van der Waals surface area contributed by atoms with E-state index in [1.165, 1.54) is 7.11 Å². The highest BCUT2D eigenvalue weighted by molar-refractivity contribution is 7.91. The molecule has 6 heteroatoms. The molecule has 1 aliphatic rings. The largest absolute Gasteiger partial charge is 0.468 e. The quantitative estimate of drug-likeness (QED) is 0.584. The van der Waals surface area contributed by atoms with Crippen molar-refractivity contribution < 1.29 is 17.9 Å². The highest BCUT2D eigenvalue weighted by Gasteiger charge is 2.23. The van der Waals surface area contributed by atoms with Crippen molar-refractivity contribution in [2.45, 2.75) is 5.92 Å². The van der Waals surface area contributed by atoms with Gasteiger partial charge in [0, 0.05) is 18.7 Å². The fourth-order valence-corrected chi connectivity index (χ4v) is 4.43. The Hall–Kier alpha value is -2.62. The van der Waals surface area contributed by atoms with Gasteiger partial charge in [-0.3, -0.25) is 9.69 Å². The average molecular weight is 397 g/mol. The van der Waals surface area contributed by atoms with Gasteiger partial charge >= 0.3 is 5.97 Å². The van der Waals surface area contributed by atoms with Crippen molar-refractivity contribution in [2.24, 2.45) is 0 Å². The van der Waals surface area contributed by atoms with Gasteiger partial charge in [0.15, 0.2) is 9.84 Å². The first-order chi connectivity index (χ1) is 13.5. The summed E-state index contributed by atoms with van der Waals surface area (Å²) in [4.78, 5) is 14.3. The number of ether oxygens (including phenoxy) is 1. The lowest BCUT2D eigenvalue weighted by atomic mass is 9.91. The molecule has 0 amide bonds. The Labute approximate surface area is 166 Å². The molecule has 0 N–H and O–H groups in total. The summed E-state index contributed by atoms with van der Waals surface area (Å²) >= 11 is 0. The Morgan fingerprint density at radius 3 is 2.25 bits per heavy atom. The Kier molecular flexibility index (Phi) is 6.50. The van der Waals surface area contributed by atoms with Gasteiger partial charge in [0.25, 0.3) is 0 Å². The maximum atomic E-state index is 12.3. The smallest absolute Gasteiger partial charge is 0.317 e. The normalized spacial score (nSPS) is 17.2. The second-order valence-corrected chi connectivity index (χ2v) is 9.02. The summed E-state index contributed by atoms with van der Waals surface area (Å²) in [6.45, 7) is 1.62. The molecule has 0 aliphatic carbocycles.